The average molecular weight is 290 g/mol. The Morgan fingerprint density at radius 3 is 2.62 bits per heavy atom. The maximum atomic E-state index is 12.0. The molecule has 0 spiro atoms. The minimum Gasteiger partial charge on any atom is -0.476 e. The molecule has 0 radical (unpaired) electrons. The second-order valence-corrected chi connectivity index (χ2v) is 4.26. The maximum Gasteiger partial charge on any atom is 0.357 e. The molecular weight excluding hydrogens is 276 g/mol. The molecule has 110 valence electrons. The molecule has 3 N–H and O–H groups in total. The van der Waals surface area contributed by atoms with Crippen LogP contribution in [-0.2, 0) is 16.1 Å². The molecule has 1 heterocycles. The first-order valence-corrected chi connectivity index (χ1v) is 6.21. The Kier molecular flexibility index (Phi) is 4.68. The van der Waals surface area contributed by atoms with Crippen LogP contribution in [0, 0.1) is 0 Å². The summed E-state index contributed by atoms with van der Waals surface area (Å²) in [4.78, 5) is 26.4. The lowest BCUT2D eigenvalue weighted by Gasteiger charge is -2.10. The molecular formula is C14H14N2O5. The Bertz CT molecular complexity index is 623. The highest BCUT2D eigenvalue weighted by atomic mass is 16.5. The van der Waals surface area contributed by atoms with Crippen LogP contribution >= 0.6 is 0 Å². The molecule has 2 rings (SSSR count). The standard InChI is InChI=1S/C14H14N2O5/c15-6-10(12-16-11(8-20-12)13(17)18)14(19)21-7-9-4-2-1-3-5-9/h1-5,8,10H,6-7,15H2,(H,17,18)/t10-/m0/s1. The van der Waals surface area contributed by atoms with Gasteiger partial charge in [0.05, 0.1) is 0 Å². The lowest BCUT2D eigenvalue weighted by atomic mass is 10.1. The van der Waals surface area contributed by atoms with E-state index in [-0.39, 0.29) is 24.7 Å². The molecule has 21 heavy (non-hydrogen) atoms. The van der Waals surface area contributed by atoms with E-state index < -0.39 is 17.9 Å². The van der Waals surface area contributed by atoms with Crippen molar-refractivity contribution in [3.05, 3.63) is 53.7 Å². The van der Waals surface area contributed by atoms with Crippen molar-refractivity contribution in [1.29, 1.82) is 0 Å². The van der Waals surface area contributed by atoms with Crippen molar-refractivity contribution >= 4 is 11.9 Å². The molecule has 0 unspecified atom stereocenters. The molecule has 7 nitrogen and oxygen atoms in total. The van der Waals surface area contributed by atoms with E-state index in [0.29, 0.717) is 0 Å². The molecule has 0 amide bonds. The van der Waals surface area contributed by atoms with Crippen LogP contribution in [0.4, 0.5) is 0 Å². The third-order valence-electron chi connectivity index (χ3n) is 2.78. The quantitative estimate of drug-likeness (QED) is 0.767. The van der Waals surface area contributed by atoms with E-state index in [0.717, 1.165) is 11.8 Å². The zero-order valence-electron chi connectivity index (χ0n) is 11.1. The molecule has 0 saturated carbocycles. The van der Waals surface area contributed by atoms with Gasteiger partial charge in [0.2, 0.25) is 5.89 Å². The van der Waals surface area contributed by atoms with Crippen molar-refractivity contribution in [3.63, 3.8) is 0 Å². The smallest absolute Gasteiger partial charge is 0.357 e. The summed E-state index contributed by atoms with van der Waals surface area (Å²) in [6, 6.07) is 9.15. The van der Waals surface area contributed by atoms with Gasteiger partial charge in [-0.1, -0.05) is 30.3 Å². The number of carbonyl (C=O) groups excluding carboxylic acids is 1. The van der Waals surface area contributed by atoms with Crippen molar-refractivity contribution in [3.8, 4) is 0 Å². The van der Waals surface area contributed by atoms with Gasteiger partial charge in [-0.25, -0.2) is 9.78 Å². The second kappa shape index (κ2) is 6.67. The number of carboxylic acids is 1. The summed E-state index contributed by atoms with van der Waals surface area (Å²) in [6.07, 6.45) is 0.963. The van der Waals surface area contributed by atoms with E-state index in [1.807, 2.05) is 30.3 Å². The molecule has 0 aliphatic carbocycles. The number of carboxylic acid groups (broad SMARTS) is 1. The van der Waals surface area contributed by atoms with Gasteiger partial charge >= 0.3 is 11.9 Å². The fourth-order valence-electron chi connectivity index (χ4n) is 1.67. The Morgan fingerprint density at radius 1 is 1.33 bits per heavy atom. The number of rotatable bonds is 6. The number of nitrogens with two attached hydrogens (primary N) is 1. The third-order valence-corrected chi connectivity index (χ3v) is 2.78. The number of hydrogen-bond donors (Lipinski definition) is 2. The normalized spacial score (nSPS) is 11.9. The van der Waals surface area contributed by atoms with Crippen molar-refractivity contribution in [2.75, 3.05) is 6.54 Å². The maximum absolute atomic E-state index is 12.0. The van der Waals surface area contributed by atoms with Crippen LogP contribution in [0.5, 0.6) is 0 Å². The van der Waals surface area contributed by atoms with Gasteiger partial charge < -0.3 is 20.0 Å². The molecule has 1 aromatic carbocycles. The highest BCUT2D eigenvalue weighted by Crippen LogP contribution is 2.17. The Morgan fingerprint density at radius 2 is 2.05 bits per heavy atom. The van der Waals surface area contributed by atoms with Crippen molar-refractivity contribution in [2.45, 2.75) is 12.5 Å². The van der Waals surface area contributed by atoms with Crippen LogP contribution in [-0.4, -0.2) is 28.6 Å². The van der Waals surface area contributed by atoms with E-state index in [4.69, 9.17) is 20.0 Å². The zero-order chi connectivity index (χ0) is 15.2. The molecule has 0 aliphatic heterocycles. The number of nitrogens with zero attached hydrogens (tertiary/aromatic N) is 1. The summed E-state index contributed by atoms with van der Waals surface area (Å²) in [6.45, 7) is 0.00979. The van der Waals surface area contributed by atoms with E-state index in [1.165, 1.54) is 0 Å². The van der Waals surface area contributed by atoms with Gasteiger partial charge in [0, 0.05) is 6.54 Å². The van der Waals surface area contributed by atoms with Crippen LogP contribution in [0.3, 0.4) is 0 Å². The van der Waals surface area contributed by atoms with E-state index in [2.05, 4.69) is 4.98 Å². The van der Waals surface area contributed by atoms with Gasteiger partial charge in [0.25, 0.3) is 0 Å². The number of ether oxygens (including phenoxy) is 1. The van der Waals surface area contributed by atoms with Crippen LogP contribution in [0.2, 0.25) is 0 Å². The molecule has 1 aromatic heterocycles. The van der Waals surface area contributed by atoms with E-state index >= 15 is 0 Å². The zero-order valence-corrected chi connectivity index (χ0v) is 11.1. The molecule has 7 heteroatoms. The summed E-state index contributed by atoms with van der Waals surface area (Å²) < 4.78 is 10.1. The third kappa shape index (κ3) is 3.67. The van der Waals surface area contributed by atoms with E-state index in [9.17, 15) is 9.59 Å². The molecule has 0 saturated heterocycles. The number of oxazole rings is 1. The lowest BCUT2D eigenvalue weighted by molar-refractivity contribution is -0.147. The van der Waals surface area contributed by atoms with Gasteiger partial charge in [0.15, 0.2) is 5.69 Å². The molecule has 0 fully saturated rings. The number of benzene rings is 1. The first kappa shape index (κ1) is 14.7. The fraction of sp³-hybridized carbons (Fsp3) is 0.214. The van der Waals surface area contributed by atoms with Crippen molar-refractivity contribution in [1.82, 2.24) is 4.98 Å². The van der Waals surface area contributed by atoms with Crippen LogP contribution in [0.25, 0.3) is 0 Å². The van der Waals surface area contributed by atoms with Crippen molar-refractivity contribution in [2.24, 2.45) is 5.73 Å². The lowest BCUT2D eigenvalue weighted by Crippen LogP contribution is -2.24. The summed E-state index contributed by atoms with van der Waals surface area (Å²) in [7, 11) is 0. The predicted octanol–water partition coefficient (Wildman–Crippen LogP) is 1.16. The van der Waals surface area contributed by atoms with Crippen LogP contribution < -0.4 is 5.73 Å². The monoisotopic (exact) mass is 290 g/mol. The first-order valence-electron chi connectivity index (χ1n) is 6.21. The summed E-state index contributed by atoms with van der Waals surface area (Å²) in [5.74, 6) is -2.84. The van der Waals surface area contributed by atoms with Gasteiger partial charge in [-0.2, -0.15) is 0 Å². The number of aromatic carboxylic acids is 1. The summed E-state index contributed by atoms with van der Waals surface area (Å²) in [5, 5.41) is 8.77. The Labute approximate surface area is 120 Å². The number of carbonyl (C=O) groups is 2. The van der Waals surface area contributed by atoms with Gasteiger partial charge in [-0.3, -0.25) is 4.79 Å². The van der Waals surface area contributed by atoms with Crippen LogP contribution in [0.1, 0.15) is 27.9 Å². The number of aromatic nitrogens is 1. The largest absolute Gasteiger partial charge is 0.476 e. The predicted molar refractivity (Wildman–Crippen MR) is 71.5 cm³/mol. The van der Waals surface area contributed by atoms with Gasteiger partial charge in [0.1, 0.15) is 18.8 Å². The minimum absolute atomic E-state index is 0.0621. The summed E-state index contributed by atoms with van der Waals surface area (Å²) >= 11 is 0. The first-order chi connectivity index (χ1) is 10.1. The number of esters is 1. The molecule has 2 aromatic rings. The highest BCUT2D eigenvalue weighted by molar-refractivity contribution is 5.85. The molecule has 0 bridgehead atoms. The minimum atomic E-state index is -1.24. The van der Waals surface area contributed by atoms with Gasteiger partial charge in [-0.15, -0.1) is 0 Å². The fourth-order valence-corrected chi connectivity index (χ4v) is 1.67. The summed E-state index contributed by atoms with van der Waals surface area (Å²) in [5.41, 5.74) is 6.07. The molecule has 0 aliphatic rings. The SMILES string of the molecule is NC[C@H](C(=O)OCc1ccccc1)c1nc(C(=O)O)co1. The van der Waals surface area contributed by atoms with Gasteiger partial charge in [-0.05, 0) is 5.56 Å². The Balaban J connectivity index is 2.02. The molecule has 1 atom stereocenters. The van der Waals surface area contributed by atoms with E-state index in [1.54, 1.807) is 0 Å². The highest BCUT2D eigenvalue weighted by Gasteiger charge is 2.27. The topological polar surface area (TPSA) is 116 Å². The number of hydrogen-bond acceptors (Lipinski definition) is 6. The van der Waals surface area contributed by atoms with Crippen molar-refractivity contribution < 1.29 is 23.8 Å². The van der Waals surface area contributed by atoms with Crippen LogP contribution in [0.15, 0.2) is 41.0 Å². The Hall–Kier alpha value is -2.67. The average Bonchev–Trinajstić information content (AvgIpc) is 2.97. The second-order valence-electron chi connectivity index (χ2n) is 4.26.